The zero-order valence-corrected chi connectivity index (χ0v) is 7.40. The van der Waals surface area contributed by atoms with Gasteiger partial charge in [-0.05, 0) is 5.92 Å². The topological polar surface area (TPSA) is 59.1 Å². The molecule has 0 radical (unpaired) electrons. The minimum atomic E-state index is -0.0188. The largest absolute Gasteiger partial charge is 0.390 e. The van der Waals surface area contributed by atoms with Crippen LogP contribution in [0.25, 0.3) is 0 Å². The Morgan fingerprint density at radius 3 is 3.08 bits per heavy atom. The molecule has 0 amide bonds. The predicted molar refractivity (Wildman–Crippen MR) is 48.6 cm³/mol. The highest BCUT2D eigenvalue weighted by molar-refractivity contribution is 7.10. The van der Waals surface area contributed by atoms with Crippen molar-refractivity contribution in [2.45, 2.75) is 13.0 Å². The first-order valence-corrected chi connectivity index (χ1v) is 4.49. The Morgan fingerprint density at radius 2 is 2.50 bits per heavy atom. The Labute approximate surface area is 75.2 Å². The number of aliphatic hydroxyl groups excluding tert-OH is 1. The molecule has 1 aromatic rings. The first-order chi connectivity index (χ1) is 5.86. The fourth-order valence-electron chi connectivity index (χ4n) is 0.647. The van der Waals surface area contributed by atoms with Crippen molar-refractivity contribution in [1.29, 1.82) is 0 Å². The Hall–Kier alpha value is -0.890. The summed E-state index contributed by atoms with van der Waals surface area (Å²) in [6, 6.07) is 0. The monoisotopic (exact) mass is 182 g/mol. The third-order valence-corrected chi connectivity index (χ3v) is 1.98. The van der Waals surface area contributed by atoms with Crippen molar-refractivity contribution in [2.24, 2.45) is 5.73 Å². The summed E-state index contributed by atoms with van der Waals surface area (Å²) >= 11 is 1.44. The number of thiazole rings is 1. The smallest absolute Gasteiger partial charge is 0.167 e. The molecule has 0 aliphatic heterocycles. The van der Waals surface area contributed by atoms with E-state index in [0.717, 1.165) is 5.01 Å². The molecule has 3 N–H and O–H groups in total. The fourth-order valence-corrected chi connectivity index (χ4v) is 1.32. The van der Waals surface area contributed by atoms with E-state index < -0.39 is 0 Å². The third-order valence-electron chi connectivity index (χ3n) is 1.18. The van der Waals surface area contributed by atoms with E-state index in [0.29, 0.717) is 18.7 Å². The van der Waals surface area contributed by atoms with Gasteiger partial charge in [0.1, 0.15) is 0 Å². The van der Waals surface area contributed by atoms with E-state index in [1.165, 1.54) is 11.3 Å². The molecule has 0 atom stereocenters. The Balaban J connectivity index is 2.59. The molecule has 12 heavy (non-hydrogen) atoms. The van der Waals surface area contributed by atoms with Crippen LogP contribution in [0, 0.1) is 11.8 Å². The molecular formula is C8H10N2OS. The summed E-state index contributed by atoms with van der Waals surface area (Å²) in [4.78, 5) is 4.05. The number of rotatable bonds is 2. The molecule has 0 saturated carbocycles. The summed E-state index contributed by atoms with van der Waals surface area (Å²) in [6.07, 6.45) is 0.689. The van der Waals surface area contributed by atoms with Gasteiger partial charge in [0.05, 0.1) is 12.3 Å². The molecule has 3 nitrogen and oxygen atoms in total. The Bertz CT molecular complexity index is 297. The van der Waals surface area contributed by atoms with E-state index in [1.54, 1.807) is 5.38 Å². The summed E-state index contributed by atoms with van der Waals surface area (Å²) in [5.41, 5.74) is 5.94. The van der Waals surface area contributed by atoms with E-state index >= 15 is 0 Å². The molecule has 0 unspecified atom stereocenters. The predicted octanol–water partition coefficient (Wildman–Crippen LogP) is 0.336. The molecule has 0 saturated heterocycles. The van der Waals surface area contributed by atoms with Gasteiger partial charge in [0, 0.05) is 18.3 Å². The SMILES string of the molecule is NCCC#Cc1nc(CO)cs1. The average Bonchev–Trinajstić information content (AvgIpc) is 2.53. The first kappa shape index (κ1) is 9.20. The van der Waals surface area contributed by atoms with Gasteiger partial charge in [-0.1, -0.05) is 5.92 Å². The molecule has 0 aromatic carbocycles. The van der Waals surface area contributed by atoms with Crippen molar-refractivity contribution in [3.8, 4) is 11.8 Å². The first-order valence-electron chi connectivity index (χ1n) is 3.61. The number of hydrogen-bond donors (Lipinski definition) is 2. The fraction of sp³-hybridized carbons (Fsp3) is 0.375. The summed E-state index contributed by atoms with van der Waals surface area (Å²) < 4.78 is 0. The van der Waals surface area contributed by atoms with Crippen LogP contribution >= 0.6 is 11.3 Å². The van der Waals surface area contributed by atoms with Crippen LogP contribution in [0.2, 0.25) is 0 Å². The van der Waals surface area contributed by atoms with Gasteiger partial charge in [-0.3, -0.25) is 0 Å². The molecule has 0 spiro atoms. The van der Waals surface area contributed by atoms with Gasteiger partial charge in [0.2, 0.25) is 0 Å². The minimum Gasteiger partial charge on any atom is -0.390 e. The van der Waals surface area contributed by atoms with Crippen molar-refractivity contribution in [1.82, 2.24) is 4.98 Å². The van der Waals surface area contributed by atoms with Crippen LogP contribution in [0.15, 0.2) is 5.38 Å². The van der Waals surface area contributed by atoms with Gasteiger partial charge >= 0.3 is 0 Å². The van der Waals surface area contributed by atoms with E-state index in [2.05, 4.69) is 16.8 Å². The highest BCUT2D eigenvalue weighted by Crippen LogP contribution is 2.07. The molecule has 0 aliphatic rings. The van der Waals surface area contributed by atoms with Crippen LogP contribution in [0.4, 0.5) is 0 Å². The lowest BCUT2D eigenvalue weighted by Crippen LogP contribution is -1.95. The van der Waals surface area contributed by atoms with Crippen LogP contribution in [-0.2, 0) is 6.61 Å². The average molecular weight is 182 g/mol. The standard InChI is InChI=1S/C8H10N2OS/c9-4-2-1-3-8-10-7(5-11)6-12-8/h6,11H,2,4-5,9H2. The Morgan fingerprint density at radius 1 is 1.67 bits per heavy atom. The maximum atomic E-state index is 8.70. The van der Waals surface area contributed by atoms with Crippen LogP contribution in [0.1, 0.15) is 17.1 Å². The molecule has 0 aliphatic carbocycles. The van der Waals surface area contributed by atoms with Crippen molar-refractivity contribution in [3.63, 3.8) is 0 Å². The van der Waals surface area contributed by atoms with Crippen molar-refractivity contribution in [3.05, 3.63) is 16.1 Å². The molecular weight excluding hydrogens is 172 g/mol. The van der Waals surface area contributed by atoms with E-state index in [1.807, 2.05) is 0 Å². The van der Waals surface area contributed by atoms with Gasteiger partial charge in [-0.25, -0.2) is 4.98 Å². The molecule has 1 rings (SSSR count). The van der Waals surface area contributed by atoms with Crippen LogP contribution in [-0.4, -0.2) is 16.6 Å². The second-order valence-corrected chi connectivity index (χ2v) is 3.00. The van der Waals surface area contributed by atoms with Crippen LogP contribution in [0.3, 0.4) is 0 Å². The molecule has 1 heterocycles. The van der Waals surface area contributed by atoms with Gasteiger partial charge < -0.3 is 10.8 Å². The van der Waals surface area contributed by atoms with Gasteiger partial charge in [0.25, 0.3) is 0 Å². The molecule has 64 valence electrons. The van der Waals surface area contributed by atoms with Crippen LogP contribution in [0.5, 0.6) is 0 Å². The summed E-state index contributed by atoms with van der Waals surface area (Å²) in [5, 5.41) is 11.2. The number of nitrogens with zero attached hydrogens (tertiary/aromatic N) is 1. The maximum Gasteiger partial charge on any atom is 0.167 e. The molecule has 4 heteroatoms. The normalized spacial score (nSPS) is 9.17. The summed E-state index contributed by atoms with van der Waals surface area (Å²) in [6.45, 7) is 0.556. The number of hydrogen-bond acceptors (Lipinski definition) is 4. The lowest BCUT2D eigenvalue weighted by atomic mass is 10.4. The van der Waals surface area contributed by atoms with E-state index in [4.69, 9.17) is 10.8 Å². The molecule has 0 fully saturated rings. The zero-order chi connectivity index (χ0) is 8.81. The molecule has 0 bridgehead atoms. The lowest BCUT2D eigenvalue weighted by molar-refractivity contribution is 0.277. The molecule has 1 aromatic heterocycles. The second kappa shape index (κ2) is 4.88. The third kappa shape index (κ3) is 2.62. The van der Waals surface area contributed by atoms with Gasteiger partial charge in [0.15, 0.2) is 5.01 Å². The maximum absolute atomic E-state index is 8.70. The summed E-state index contributed by atoms with van der Waals surface area (Å²) in [5.74, 6) is 5.75. The number of aliphatic hydroxyl groups is 1. The Kier molecular flexibility index (Phi) is 3.74. The quantitative estimate of drug-likeness (QED) is 0.648. The van der Waals surface area contributed by atoms with Crippen molar-refractivity contribution < 1.29 is 5.11 Å². The summed E-state index contributed by atoms with van der Waals surface area (Å²) in [7, 11) is 0. The van der Waals surface area contributed by atoms with Crippen LogP contribution < -0.4 is 5.73 Å². The number of nitrogens with two attached hydrogens (primary N) is 1. The lowest BCUT2D eigenvalue weighted by Gasteiger charge is -1.81. The minimum absolute atomic E-state index is 0.0188. The zero-order valence-electron chi connectivity index (χ0n) is 6.58. The van der Waals surface area contributed by atoms with Crippen molar-refractivity contribution >= 4 is 11.3 Å². The van der Waals surface area contributed by atoms with Gasteiger partial charge in [-0.2, -0.15) is 0 Å². The van der Waals surface area contributed by atoms with E-state index in [9.17, 15) is 0 Å². The second-order valence-electron chi connectivity index (χ2n) is 2.14. The highest BCUT2D eigenvalue weighted by Gasteiger charge is 1.95. The number of aromatic nitrogens is 1. The van der Waals surface area contributed by atoms with Gasteiger partial charge in [-0.15, -0.1) is 11.3 Å². The van der Waals surface area contributed by atoms with E-state index in [-0.39, 0.29) is 6.61 Å². The van der Waals surface area contributed by atoms with Crippen molar-refractivity contribution in [2.75, 3.05) is 6.54 Å². The highest BCUT2D eigenvalue weighted by atomic mass is 32.1.